The molecule has 0 atom stereocenters. The molecule has 17 heavy (non-hydrogen) atoms. The molecule has 2 nitrogen and oxygen atoms in total. The van der Waals surface area contributed by atoms with Gasteiger partial charge in [0.15, 0.2) is 0 Å². The van der Waals surface area contributed by atoms with E-state index in [0.717, 1.165) is 12.3 Å². The van der Waals surface area contributed by atoms with Crippen LogP contribution in [0.2, 0.25) is 0 Å². The minimum atomic E-state index is -0.170. The van der Waals surface area contributed by atoms with Crippen LogP contribution in [0, 0.1) is 0 Å². The highest BCUT2D eigenvalue weighted by molar-refractivity contribution is 7.99. The number of aliphatic hydroxyl groups excluding tert-OH is 1. The van der Waals surface area contributed by atoms with Gasteiger partial charge >= 0.3 is 0 Å². The van der Waals surface area contributed by atoms with Crippen LogP contribution in [-0.4, -0.2) is 35.0 Å². The van der Waals surface area contributed by atoms with Crippen LogP contribution in [-0.2, 0) is 6.54 Å². The van der Waals surface area contributed by atoms with Gasteiger partial charge in [0.25, 0.3) is 0 Å². The maximum Gasteiger partial charge on any atom is 0.0610 e. The second-order valence-corrected chi connectivity index (χ2v) is 6.24. The van der Waals surface area contributed by atoms with Gasteiger partial charge in [-0.3, -0.25) is 4.90 Å². The Morgan fingerprint density at radius 2 is 1.82 bits per heavy atom. The molecule has 1 rings (SSSR count). The van der Waals surface area contributed by atoms with Crippen molar-refractivity contribution >= 4 is 11.8 Å². The van der Waals surface area contributed by atoms with Crippen LogP contribution in [0.5, 0.6) is 0 Å². The minimum absolute atomic E-state index is 0.170. The zero-order chi connectivity index (χ0) is 12.9. The third kappa shape index (κ3) is 4.34. The van der Waals surface area contributed by atoms with Gasteiger partial charge in [0, 0.05) is 17.0 Å². The van der Waals surface area contributed by atoms with E-state index in [9.17, 15) is 5.11 Å². The smallest absolute Gasteiger partial charge is 0.0610 e. The lowest BCUT2D eigenvalue weighted by Crippen LogP contribution is -2.43. The Morgan fingerprint density at radius 3 is 2.29 bits per heavy atom. The molecule has 3 heteroatoms. The summed E-state index contributed by atoms with van der Waals surface area (Å²) >= 11 is 1.86. The molecule has 0 bridgehead atoms. The molecular weight excluding hydrogens is 230 g/mol. The Morgan fingerprint density at radius 1 is 1.24 bits per heavy atom. The van der Waals surface area contributed by atoms with E-state index in [1.54, 1.807) is 0 Å². The largest absolute Gasteiger partial charge is 0.394 e. The molecule has 1 aromatic carbocycles. The van der Waals surface area contributed by atoms with E-state index in [1.807, 2.05) is 32.7 Å². The molecule has 1 aromatic rings. The molecule has 0 spiro atoms. The Kier molecular flexibility index (Phi) is 5.50. The standard InChI is InChI=1S/C14H23NOS/c1-5-17-13-8-6-12(7-9-13)10-15(4)14(2,3)11-16/h6-9,16H,5,10-11H2,1-4H3. The molecular formula is C14H23NOS. The zero-order valence-electron chi connectivity index (χ0n) is 11.2. The predicted octanol–water partition coefficient (Wildman–Crippen LogP) is 3.00. The van der Waals surface area contributed by atoms with Crippen molar-refractivity contribution in [3.8, 4) is 0 Å². The maximum atomic E-state index is 9.31. The lowest BCUT2D eigenvalue weighted by molar-refractivity contribution is 0.0734. The number of hydrogen-bond acceptors (Lipinski definition) is 3. The number of aliphatic hydroxyl groups is 1. The second-order valence-electron chi connectivity index (χ2n) is 4.90. The Balaban J connectivity index is 2.63. The van der Waals surface area contributed by atoms with Crippen molar-refractivity contribution in [2.24, 2.45) is 0 Å². The SMILES string of the molecule is CCSc1ccc(CN(C)C(C)(C)CO)cc1. The lowest BCUT2D eigenvalue weighted by Gasteiger charge is -2.33. The molecule has 0 aromatic heterocycles. The second kappa shape index (κ2) is 6.43. The summed E-state index contributed by atoms with van der Waals surface area (Å²) in [5.41, 5.74) is 1.12. The van der Waals surface area contributed by atoms with Gasteiger partial charge in [-0.25, -0.2) is 0 Å². The van der Waals surface area contributed by atoms with E-state index in [4.69, 9.17) is 0 Å². The first kappa shape index (κ1) is 14.6. The van der Waals surface area contributed by atoms with Crippen molar-refractivity contribution < 1.29 is 5.11 Å². The molecule has 1 N–H and O–H groups in total. The van der Waals surface area contributed by atoms with E-state index in [0.29, 0.717) is 0 Å². The third-order valence-electron chi connectivity index (χ3n) is 3.07. The highest BCUT2D eigenvalue weighted by atomic mass is 32.2. The summed E-state index contributed by atoms with van der Waals surface area (Å²) in [6.45, 7) is 7.30. The molecule has 0 saturated carbocycles. The number of nitrogens with zero attached hydrogens (tertiary/aromatic N) is 1. The van der Waals surface area contributed by atoms with Crippen LogP contribution in [0.1, 0.15) is 26.3 Å². The first-order valence-electron chi connectivity index (χ1n) is 6.03. The van der Waals surface area contributed by atoms with Crippen LogP contribution < -0.4 is 0 Å². The van der Waals surface area contributed by atoms with Gasteiger partial charge in [-0.1, -0.05) is 19.1 Å². The van der Waals surface area contributed by atoms with E-state index in [1.165, 1.54) is 10.5 Å². The van der Waals surface area contributed by atoms with E-state index in [-0.39, 0.29) is 12.1 Å². The number of rotatable bonds is 6. The van der Waals surface area contributed by atoms with Crippen molar-refractivity contribution in [2.45, 2.75) is 37.8 Å². The summed E-state index contributed by atoms with van der Waals surface area (Å²) in [6.07, 6.45) is 0. The highest BCUT2D eigenvalue weighted by Crippen LogP contribution is 2.20. The Bertz CT molecular complexity index is 335. The normalized spacial score (nSPS) is 12.1. The van der Waals surface area contributed by atoms with Gasteiger partial charge in [-0.2, -0.15) is 0 Å². The Hall–Kier alpha value is -0.510. The van der Waals surface area contributed by atoms with Crippen molar-refractivity contribution in [3.63, 3.8) is 0 Å². The third-order valence-corrected chi connectivity index (χ3v) is 3.97. The maximum absolute atomic E-state index is 9.31. The highest BCUT2D eigenvalue weighted by Gasteiger charge is 2.22. The average Bonchev–Trinajstić information content (AvgIpc) is 2.32. The minimum Gasteiger partial charge on any atom is -0.394 e. The van der Waals surface area contributed by atoms with Gasteiger partial charge in [0.1, 0.15) is 0 Å². The summed E-state index contributed by atoms with van der Waals surface area (Å²) in [5.74, 6) is 1.11. The van der Waals surface area contributed by atoms with Crippen molar-refractivity contribution in [1.82, 2.24) is 4.90 Å². The number of benzene rings is 1. The fourth-order valence-corrected chi connectivity index (χ4v) is 2.13. The van der Waals surface area contributed by atoms with Gasteiger partial charge in [-0.05, 0) is 44.3 Å². The number of thioether (sulfide) groups is 1. The summed E-state index contributed by atoms with van der Waals surface area (Å²) < 4.78 is 0. The number of hydrogen-bond donors (Lipinski definition) is 1. The summed E-state index contributed by atoms with van der Waals surface area (Å²) in [4.78, 5) is 3.50. The average molecular weight is 253 g/mol. The molecule has 0 fully saturated rings. The van der Waals surface area contributed by atoms with Crippen LogP contribution in [0.25, 0.3) is 0 Å². The molecule has 0 heterocycles. The quantitative estimate of drug-likeness (QED) is 0.788. The predicted molar refractivity (Wildman–Crippen MR) is 75.5 cm³/mol. The molecule has 0 aliphatic rings. The fraction of sp³-hybridized carbons (Fsp3) is 0.571. The summed E-state index contributed by atoms with van der Waals surface area (Å²) in [7, 11) is 2.05. The molecule has 96 valence electrons. The van der Waals surface area contributed by atoms with Gasteiger partial charge in [0.2, 0.25) is 0 Å². The molecule has 0 aliphatic heterocycles. The van der Waals surface area contributed by atoms with E-state index in [2.05, 4.69) is 36.1 Å². The van der Waals surface area contributed by atoms with E-state index < -0.39 is 0 Å². The topological polar surface area (TPSA) is 23.5 Å². The summed E-state index contributed by atoms with van der Waals surface area (Å²) in [5, 5.41) is 9.31. The van der Waals surface area contributed by atoms with E-state index >= 15 is 0 Å². The van der Waals surface area contributed by atoms with Crippen LogP contribution in [0.15, 0.2) is 29.2 Å². The lowest BCUT2D eigenvalue weighted by atomic mass is 10.0. The zero-order valence-corrected chi connectivity index (χ0v) is 12.0. The molecule has 0 aliphatic carbocycles. The fourth-order valence-electron chi connectivity index (χ4n) is 1.47. The van der Waals surface area contributed by atoms with Crippen LogP contribution in [0.3, 0.4) is 0 Å². The van der Waals surface area contributed by atoms with Gasteiger partial charge < -0.3 is 5.11 Å². The monoisotopic (exact) mass is 253 g/mol. The van der Waals surface area contributed by atoms with Gasteiger partial charge in [-0.15, -0.1) is 11.8 Å². The molecule has 0 saturated heterocycles. The first-order valence-corrected chi connectivity index (χ1v) is 7.02. The summed E-state index contributed by atoms with van der Waals surface area (Å²) in [6, 6.07) is 8.68. The molecule has 0 radical (unpaired) electrons. The molecule has 0 unspecified atom stereocenters. The van der Waals surface area contributed by atoms with Crippen molar-refractivity contribution in [1.29, 1.82) is 0 Å². The number of likely N-dealkylation sites (N-methyl/N-ethyl adjacent to an activating group) is 1. The van der Waals surface area contributed by atoms with Crippen LogP contribution >= 0.6 is 11.8 Å². The first-order chi connectivity index (χ1) is 7.99. The Labute approximate surface area is 109 Å². The molecule has 0 amide bonds. The van der Waals surface area contributed by atoms with Crippen molar-refractivity contribution in [3.05, 3.63) is 29.8 Å². The van der Waals surface area contributed by atoms with Crippen molar-refractivity contribution in [2.75, 3.05) is 19.4 Å². The van der Waals surface area contributed by atoms with Crippen LogP contribution in [0.4, 0.5) is 0 Å². The van der Waals surface area contributed by atoms with Gasteiger partial charge in [0.05, 0.1) is 6.61 Å².